The van der Waals surface area contributed by atoms with Gasteiger partial charge in [0.2, 0.25) is 0 Å². The summed E-state index contributed by atoms with van der Waals surface area (Å²) in [7, 11) is 0. The standard InChI is InChI=1S/C12H14ClN3/c13-9-3-4-12-11(6-9)15-8-16(12)10-2-1-5-14-7-10/h3-4,6,8,10,14H,1-2,5,7H2. The molecule has 1 fully saturated rings. The number of halogens is 1. The Morgan fingerprint density at radius 1 is 1.44 bits per heavy atom. The van der Waals surface area contributed by atoms with Gasteiger partial charge in [-0.3, -0.25) is 0 Å². The van der Waals surface area contributed by atoms with Gasteiger partial charge >= 0.3 is 0 Å². The van der Waals surface area contributed by atoms with E-state index < -0.39 is 0 Å². The van der Waals surface area contributed by atoms with Gasteiger partial charge in [-0.15, -0.1) is 0 Å². The molecule has 0 aliphatic carbocycles. The van der Waals surface area contributed by atoms with E-state index in [9.17, 15) is 0 Å². The van der Waals surface area contributed by atoms with Crippen molar-refractivity contribution in [3.63, 3.8) is 0 Å². The molecular weight excluding hydrogens is 222 g/mol. The Hall–Kier alpha value is -1.06. The number of hydrogen-bond donors (Lipinski definition) is 1. The molecule has 1 aromatic carbocycles. The molecule has 0 radical (unpaired) electrons. The lowest BCUT2D eigenvalue weighted by atomic mass is 10.1. The zero-order valence-corrected chi connectivity index (χ0v) is 9.74. The van der Waals surface area contributed by atoms with Crippen LogP contribution in [0.2, 0.25) is 5.02 Å². The fraction of sp³-hybridized carbons (Fsp3) is 0.417. The summed E-state index contributed by atoms with van der Waals surface area (Å²) in [6, 6.07) is 6.43. The molecule has 0 bridgehead atoms. The number of imidazole rings is 1. The quantitative estimate of drug-likeness (QED) is 0.824. The molecule has 1 atom stereocenters. The van der Waals surface area contributed by atoms with Gasteiger partial charge in [-0.1, -0.05) is 11.6 Å². The maximum absolute atomic E-state index is 5.95. The van der Waals surface area contributed by atoms with Gasteiger partial charge in [0.1, 0.15) is 0 Å². The summed E-state index contributed by atoms with van der Waals surface area (Å²) < 4.78 is 2.26. The van der Waals surface area contributed by atoms with Gasteiger partial charge in [-0.2, -0.15) is 0 Å². The van der Waals surface area contributed by atoms with Crippen LogP contribution < -0.4 is 5.32 Å². The van der Waals surface area contributed by atoms with E-state index >= 15 is 0 Å². The number of nitrogens with one attached hydrogen (secondary N) is 1. The highest BCUT2D eigenvalue weighted by atomic mass is 35.5. The molecule has 1 saturated heterocycles. The molecule has 0 saturated carbocycles. The normalized spacial score (nSPS) is 21.4. The lowest BCUT2D eigenvalue weighted by Gasteiger charge is -2.24. The van der Waals surface area contributed by atoms with E-state index in [0.29, 0.717) is 6.04 Å². The molecule has 1 aromatic heterocycles. The molecular formula is C12H14ClN3. The number of benzene rings is 1. The first kappa shape index (κ1) is 10.1. The van der Waals surface area contributed by atoms with Crippen molar-refractivity contribution in [1.82, 2.24) is 14.9 Å². The van der Waals surface area contributed by atoms with E-state index in [4.69, 9.17) is 11.6 Å². The topological polar surface area (TPSA) is 29.9 Å². The molecule has 2 heterocycles. The second-order valence-electron chi connectivity index (χ2n) is 4.29. The zero-order valence-electron chi connectivity index (χ0n) is 8.99. The van der Waals surface area contributed by atoms with Gasteiger partial charge in [0, 0.05) is 17.6 Å². The molecule has 1 N–H and O–H groups in total. The van der Waals surface area contributed by atoms with Gasteiger partial charge in [0.05, 0.1) is 17.4 Å². The number of nitrogens with zero attached hydrogens (tertiary/aromatic N) is 2. The van der Waals surface area contributed by atoms with Crippen LogP contribution in [-0.4, -0.2) is 22.6 Å². The Morgan fingerprint density at radius 2 is 2.38 bits per heavy atom. The smallest absolute Gasteiger partial charge is 0.0961 e. The third-order valence-electron chi connectivity index (χ3n) is 3.20. The van der Waals surface area contributed by atoms with Gasteiger partial charge < -0.3 is 9.88 Å². The average molecular weight is 236 g/mol. The van der Waals surface area contributed by atoms with Crippen LogP contribution in [0.4, 0.5) is 0 Å². The van der Waals surface area contributed by atoms with E-state index in [0.717, 1.165) is 23.6 Å². The van der Waals surface area contributed by atoms with Crippen molar-refractivity contribution < 1.29 is 0 Å². The molecule has 3 rings (SSSR count). The Kier molecular flexibility index (Phi) is 2.58. The fourth-order valence-electron chi connectivity index (χ4n) is 2.37. The van der Waals surface area contributed by atoms with Crippen molar-refractivity contribution in [2.75, 3.05) is 13.1 Å². The predicted octanol–water partition coefficient (Wildman–Crippen LogP) is 2.61. The van der Waals surface area contributed by atoms with Gasteiger partial charge in [-0.05, 0) is 37.6 Å². The van der Waals surface area contributed by atoms with Crippen molar-refractivity contribution >= 4 is 22.6 Å². The first-order valence-corrected chi connectivity index (χ1v) is 6.05. The van der Waals surface area contributed by atoms with Crippen molar-refractivity contribution in [1.29, 1.82) is 0 Å². The Morgan fingerprint density at radius 3 is 3.19 bits per heavy atom. The summed E-state index contributed by atoms with van der Waals surface area (Å²) in [5, 5.41) is 4.17. The average Bonchev–Trinajstić information content (AvgIpc) is 2.73. The van der Waals surface area contributed by atoms with Crippen LogP contribution in [0.3, 0.4) is 0 Å². The molecule has 1 unspecified atom stereocenters. The Bertz CT molecular complexity index is 500. The summed E-state index contributed by atoms with van der Waals surface area (Å²) in [4.78, 5) is 4.41. The van der Waals surface area contributed by atoms with Crippen LogP contribution in [-0.2, 0) is 0 Å². The number of hydrogen-bond acceptors (Lipinski definition) is 2. The summed E-state index contributed by atoms with van der Waals surface area (Å²) in [5.74, 6) is 0. The van der Waals surface area contributed by atoms with Crippen molar-refractivity contribution in [2.24, 2.45) is 0 Å². The number of rotatable bonds is 1. The SMILES string of the molecule is Clc1ccc2c(c1)ncn2C1CCCNC1. The van der Waals surface area contributed by atoms with E-state index in [1.807, 2.05) is 18.5 Å². The molecule has 0 amide bonds. The number of aromatic nitrogens is 2. The van der Waals surface area contributed by atoms with Crippen LogP contribution in [0.15, 0.2) is 24.5 Å². The van der Waals surface area contributed by atoms with Crippen LogP contribution in [0.5, 0.6) is 0 Å². The third kappa shape index (κ3) is 1.70. The maximum atomic E-state index is 5.95. The minimum absolute atomic E-state index is 0.528. The molecule has 16 heavy (non-hydrogen) atoms. The van der Waals surface area contributed by atoms with Gasteiger partial charge in [-0.25, -0.2) is 4.98 Å². The Balaban J connectivity index is 2.03. The minimum Gasteiger partial charge on any atom is -0.326 e. The summed E-state index contributed by atoms with van der Waals surface area (Å²) in [6.07, 6.45) is 4.39. The largest absolute Gasteiger partial charge is 0.326 e. The molecule has 2 aromatic rings. The van der Waals surface area contributed by atoms with Crippen molar-refractivity contribution in [3.8, 4) is 0 Å². The van der Waals surface area contributed by atoms with E-state index in [1.54, 1.807) is 0 Å². The predicted molar refractivity (Wildman–Crippen MR) is 65.9 cm³/mol. The zero-order chi connectivity index (χ0) is 11.0. The lowest BCUT2D eigenvalue weighted by molar-refractivity contribution is 0.378. The lowest BCUT2D eigenvalue weighted by Crippen LogP contribution is -2.31. The number of fused-ring (bicyclic) bond motifs is 1. The second kappa shape index (κ2) is 4.07. The summed E-state index contributed by atoms with van der Waals surface area (Å²) in [6.45, 7) is 2.17. The van der Waals surface area contributed by atoms with Crippen molar-refractivity contribution in [3.05, 3.63) is 29.5 Å². The Labute approximate surface area is 99.4 Å². The molecule has 1 aliphatic rings. The van der Waals surface area contributed by atoms with Crippen LogP contribution in [0, 0.1) is 0 Å². The van der Waals surface area contributed by atoms with Crippen LogP contribution in [0.25, 0.3) is 11.0 Å². The monoisotopic (exact) mass is 235 g/mol. The molecule has 1 aliphatic heterocycles. The highest BCUT2D eigenvalue weighted by molar-refractivity contribution is 6.31. The maximum Gasteiger partial charge on any atom is 0.0961 e. The molecule has 0 spiro atoms. The van der Waals surface area contributed by atoms with Crippen LogP contribution >= 0.6 is 11.6 Å². The molecule has 84 valence electrons. The molecule has 3 nitrogen and oxygen atoms in total. The molecule has 4 heteroatoms. The first-order valence-electron chi connectivity index (χ1n) is 5.67. The first-order chi connectivity index (χ1) is 7.84. The third-order valence-corrected chi connectivity index (χ3v) is 3.44. The van der Waals surface area contributed by atoms with E-state index in [1.165, 1.54) is 18.4 Å². The van der Waals surface area contributed by atoms with E-state index in [2.05, 4.69) is 20.9 Å². The summed E-state index contributed by atoms with van der Waals surface area (Å²) in [5.41, 5.74) is 2.16. The number of piperidine rings is 1. The highest BCUT2D eigenvalue weighted by Gasteiger charge is 2.16. The van der Waals surface area contributed by atoms with Gasteiger partial charge in [0.25, 0.3) is 0 Å². The fourth-order valence-corrected chi connectivity index (χ4v) is 2.53. The highest BCUT2D eigenvalue weighted by Crippen LogP contribution is 2.24. The van der Waals surface area contributed by atoms with Gasteiger partial charge in [0.15, 0.2) is 0 Å². The van der Waals surface area contributed by atoms with Crippen LogP contribution in [0.1, 0.15) is 18.9 Å². The van der Waals surface area contributed by atoms with E-state index in [-0.39, 0.29) is 0 Å². The van der Waals surface area contributed by atoms with Crippen molar-refractivity contribution in [2.45, 2.75) is 18.9 Å². The second-order valence-corrected chi connectivity index (χ2v) is 4.72. The minimum atomic E-state index is 0.528. The summed E-state index contributed by atoms with van der Waals surface area (Å²) >= 11 is 5.95.